The summed E-state index contributed by atoms with van der Waals surface area (Å²) in [6.07, 6.45) is 0.528. The molecule has 0 spiro atoms. The number of hydrogen-bond donors (Lipinski definition) is 1. The van der Waals surface area contributed by atoms with Gasteiger partial charge in [0, 0.05) is 12.6 Å². The van der Waals surface area contributed by atoms with Crippen LogP contribution in [0.1, 0.15) is 43.9 Å². The van der Waals surface area contributed by atoms with Crippen LogP contribution in [0.5, 0.6) is 5.75 Å². The minimum Gasteiger partial charge on any atom is -0.484 e. The summed E-state index contributed by atoms with van der Waals surface area (Å²) in [4.78, 5) is 27.5. The van der Waals surface area contributed by atoms with E-state index in [1.165, 1.54) is 0 Å². The summed E-state index contributed by atoms with van der Waals surface area (Å²) >= 11 is 0. The average Bonchev–Trinajstić information content (AvgIpc) is 2.65. The number of amides is 2. The van der Waals surface area contributed by atoms with Crippen molar-refractivity contribution in [1.82, 2.24) is 10.2 Å². The Balaban J connectivity index is 2.21. The fraction of sp³-hybridized carbons (Fsp3) is 0.417. The van der Waals surface area contributed by atoms with Gasteiger partial charge in [-0.2, -0.15) is 0 Å². The zero-order valence-electron chi connectivity index (χ0n) is 18.1. The van der Waals surface area contributed by atoms with Crippen molar-refractivity contribution in [2.24, 2.45) is 0 Å². The van der Waals surface area contributed by atoms with Gasteiger partial charge < -0.3 is 15.0 Å². The molecular formula is C24H32N2O3. The van der Waals surface area contributed by atoms with E-state index in [9.17, 15) is 9.59 Å². The fourth-order valence-corrected chi connectivity index (χ4v) is 3.24. The Morgan fingerprint density at radius 1 is 1.03 bits per heavy atom. The molecule has 0 fully saturated rings. The molecule has 0 unspecified atom stereocenters. The molecule has 5 nitrogen and oxygen atoms in total. The van der Waals surface area contributed by atoms with Crippen LogP contribution in [0.25, 0.3) is 0 Å². The van der Waals surface area contributed by atoms with Gasteiger partial charge in [-0.15, -0.1) is 0 Å². The molecule has 1 N–H and O–H groups in total. The van der Waals surface area contributed by atoms with Gasteiger partial charge in [-0.1, -0.05) is 48.9 Å². The van der Waals surface area contributed by atoms with Crippen molar-refractivity contribution in [2.45, 2.75) is 59.7 Å². The summed E-state index contributed by atoms with van der Waals surface area (Å²) < 4.78 is 5.72. The maximum Gasteiger partial charge on any atom is 0.261 e. The van der Waals surface area contributed by atoms with Crippen molar-refractivity contribution in [3.8, 4) is 5.75 Å². The Morgan fingerprint density at radius 2 is 1.69 bits per heavy atom. The predicted octanol–water partition coefficient (Wildman–Crippen LogP) is 4.01. The van der Waals surface area contributed by atoms with Crippen LogP contribution in [-0.2, 0) is 16.1 Å². The molecular weight excluding hydrogens is 364 g/mol. The van der Waals surface area contributed by atoms with Crippen LogP contribution < -0.4 is 10.1 Å². The van der Waals surface area contributed by atoms with Crippen LogP contribution in [0.3, 0.4) is 0 Å². The third-order valence-electron chi connectivity index (χ3n) is 4.60. The van der Waals surface area contributed by atoms with Crippen LogP contribution in [0.2, 0.25) is 0 Å². The fourth-order valence-electron chi connectivity index (χ4n) is 3.24. The first-order chi connectivity index (χ1) is 13.8. The van der Waals surface area contributed by atoms with E-state index in [2.05, 4.69) is 5.32 Å². The van der Waals surface area contributed by atoms with Crippen molar-refractivity contribution < 1.29 is 14.3 Å². The molecule has 156 valence electrons. The average molecular weight is 397 g/mol. The summed E-state index contributed by atoms with van der Waals surface area (Å²) in [6, 6.07) is 15.0. The molecule has 0 saturated heterocycles. The van der Waals surface area contributed by atoms with Crippen LogP contribution in [0.15, 0.2) is 48.5 Å². The van der Waals surface area contributed by atoms with Gasteiger partial charge in [0.25, 0.3) is 5.91 Å². The number of nitrogens with zero attached hydrogens (tertiary/aromatic N) is 1. The van der Waals surface area contributed by atoms with Gasteiger partial charge in [0.1, 0.15) is 11.8 Å². The molecule has 5 heteroatoms. The number of benzene rings is 2. The molecule has 0 aromatic heterocycles. The van der Waals surface area contributed by atoms with Gasteiger partial charge in [-0.3, -0.25) is 9.59 Å². The maximum absolute atomic E-state index is 13.1. The zero-order chi connectivity index (χ0) is 21.4. The van der Waals surface area contributed by atoms with E-state index in [-0.39, 0.29) is 24.5 Å². The number of carbonyl (C=O) groups is 2. The molecule has 2 aromatic carbocycles. The highest BCUT2D eigenvalue weighted by Gasteiger charge is 2.29. The van der Waals surface area contributed by atoms with E-state index in [4.69, 9.17) is 4.74 Å². The smallest absolute Gasteiger partial charge is 0.261 e. The van der Waals surface area contributed by atoms with Crippen LogP contribution in [-0.4, -0.2) is 35.4 Å². The summed E-state index contributed by atoms with van der Waals surface area (Å²) in [5.74, 6) is 0.298. The molecule has 0 aliphatic carbocycles. The number of hydrogen-bond acceptors (Lipinski definition) is 3. The molecule has 0 saturated carbocycles. The first-order valence-corrected chi connectivity index (χ1v) is 10.1. The lowest BCUT2D eigenvalue weighted by Crippen LogP contribution is -2.51. The second kappa shape index (κ2) is 10.6. The van der Waals surface area contributed by atoms with Gasteiger partial charge in [0.15, 0.2) is 6.61 Å². The molecule has 0 radical (unpaired) electrons. The third kappa shape index (κ3) is 6.93. The Hall–Kier alpha value is -2.82. The third-order valence-corrected chi connectivity index (χ3v) is 4.60. The first kappa shape index (κ1) is 22.5. The van der Waals surface area contributed by atoms with Crippen molar-refractivity contribution in [3.63, 3.8) is 0 Å². The number of carbonyl (C=O) groups excluding carboxylic acids is 2. The molecule has 0 aliphatic rings. The highest BCUT2D eigenvalue weighted by Crippen LogP contribution is 2.16. The largest absolute Gasteiger partial charge is 0.484 e. The van der Waals surface area contributed by atoms with Gasteiger partial charge in [0.2, 0.25) is 5.91 Å². The Kier molecular flexibility index (Phi) is 8.25. The molecule has 0 aliphatic heterocycles. The standard InChI is InChI=1S/C24H32N2O3/c1-6-22(24(28)25-17(2)3)26(15-20-11-7-9-18(4)13-20)23(27)16-29-21-12-8-10-19(5)14-21/h7-14,17,22H,6,15-16H2,1-5H3,(H,25,28)/t22-/m1/s1. The van der Waals surface area contributed by atoms with Crippen molar-refractivity contribution in [2.75, 3.05) is 6.61 Å². The molecule has 1 atom stereocenters. The van der Waals surface area contributed by atoms with E-state index in [1.54, 1.807) is 4.90 Å². The van der Waals surface area contributed by atoms with Gasteiger partial charge >= 0.3 is 0 Å². The maximum atomic E-state index is 13.1. The molecule has 2 rings (SSSR count). The summed E-state index contributed by atoms with van der Waals surface area (Å²) in [6.45, 7) is 9.99. The quantitative estimate of drug-likeness (QED) is 0.697. The molecule has 2 aromatic rings. The summed E-state index contributed by atoms with van der Waals surface area (Å²) in [7, 11) is 0. The van der Waals surface area contributed by atoms with Crippen molar-refractivity contribution >= 4 is 11.8 Å². The van der Waals surface area contributed by atoms with E-state index >= 15 is 0 Å². The molecule has 29 heavy (non-hydrogen) atoms. The van der Waals surface area contributed by atoms with Crippen molar-refractivity contribution in [1.29, 1.82) is 0 Å². The van der Waals surface area contributed by atoms with Crippen LogP contribution in [0, 0.1) is 13.8 Å². The van der Waals surface area contributed by atoms with E-state index in [1.807, 2.05) is 83.1 Å². The van der Waals surface area contributed by atoms with Crippen LogP contribution in [0.4, 0.5) is 0 Å². The summed E-state index contributed by atoms with van der Waals surface area (Å²) in [5.41, 5.74) is 3.17. The Bertz CT molecular complexity index is 832. The number of aryl methyl sites for hydroxylation is 2. The normalized spacial score (nSPS) is 11.8. The minimum absolute atomic E-state index is 0.0102. The number of ether oxygens (including phenoxy) is 1. The van der Waals surface area contributed by atoms with E-state index < -0.39 is 6.04 Å². The van der Waals surface area contributed by atoms with Gasteiger partial charge in [-0.25, -0.2) is 0 Å². The highest BCUT2D eigenvalue weighted by atomic mass is 16.5. The number of rotatable bonds is 9. The van der Waals surface area contributed by atoms with E-state index in [0.29, 0.717) is 18.7 Å². The molecule has 0 bridgehead atoms. The van der Waals surface area contributed by atoms with Gasteiger partial charge in [-0.05, 0) is 57.4 Å². The second-order valence-corrected chi connectivity index (χ2v) is 7.70. The highest BCUT2D eigenvalue weighted by molar-refractivity contribution is 5.88. The van der Waals surface area contributed by atoms with Gasteiger partial charge in [0.05, 0.1) is 0 Å². The van der Waals surface area contributed by atoms with Crippen LogP contribution >= 0.6 is 0 Å². The molecule has 2 amide bonds. The Morgan fingerprint density at radius 3 is 2.28 bits per heavy atom. The first-order valence-electron chi connectivity index (χ1n) is 10.1. The number of nitrogens with one attached hydrogen (secondary N) is 1. The topological polar surface area (TPSA) is 58.6 Å². The predicted molar refractivity (Wildman–Crippen MR) is 116 cm³/mol. The van der Waals surface area contributed by atoms with Crippen molar-refractivity contribution in [3.05, 3.63) is 65.2 Å². The molecule has 0 heterocycles. The lowest BCUT2D eigenvalue weighted by molar-refractivity contribution is -0.143. The monoisotopic (exact) mass is 396 g/mol. The van der Waals surface area contributed by atoms with E-state index in [0.717, 1.165) is 16.7 Å². The second-order valence-electron chi connectivity index (χ2n) is 7.70. The lowest BCUT2D eigenvalue weighted by Gasteiger charge is -2.31. The summed E-state index contributed by atoms with van der Waals surface area (Å²) in [5, 5.41) is 2.93. The zero-order valence-corrected chi connectivity index (χ0v) is 18.1. The Labute approximate surface area is 174 Å². The minimum atomic E-state index is -0.550. The SMILES string of the molecule is CC[C@H](C(=O)NC(C)C)N(Cc1cccc(C)c1)C(=O)COc1cccc(C)c1. The lowest BCUT2D eigenvalue weighted by atomic mass is 10.1.